The minimum Gasteiger partial charge on any atom is -0.330 e. The van der Waals surface area contributed by atoms with E-state index in [2.05, 4.69) is 59.4 Å². The van der Waals surface area contributed by atoms with E-state index in [1.165, 1.54) is 16.6 Å². The molecule has 3 heteroatoms. The summed E-state index contributed by atoms with van der Waals surface area (Å²) in [6, 6.07) is 17.6. The van der Waals surface area contributed by atoms with Crippen LogP contribution in [0.4, 0.5) is 0 Å². The molecule has 0 radical (unpaired) electrons. The Morgan fingerprint density at radius 3 is 2.43 bits per heavy atom. The van der Waals surface area contributed by atoms with Gasteiger partial charge in [0, 0.05) is 13.1 Å². The second-order valence-electron chi connectivity index (χ2n) is 5.83. The number of aromatic nitrogens is 2. The molecule has 0 saturated heterocycles. The number of fused-ring (bicyclic) bond motifs is 2. The lowest BCUT2D eigenvalue weighted by Gasteiger charge is -2.11. The SMILES string of the molecule is Cn1c(CNC2Cc3ccccc3C2)nc2ccccc21. The molecule has 0 bridgehead atoms. The van der Waals surface area contributed by atoms with Gasteiger partial charge in [0.1, 0.15) is 5.82 Å². The summed E-state index contributed by atoms with van der Waals surface area (Å²) in [4.78, 5) is 4.72. The van der Waals surface area contributed by atoms with Crippen LogP contribution < -0.4 is 5.32 Å². The third-order valence-corrected chi connectivity index (χ3v) is 4.48. The largest absolute Gasteiger partial charge is 0.330 e. The fraction of sp³-hybridized carbons (Fsp3) is 0.278. The van der Waals surface area contributed by atoms with Crippen molar-refractivity contribution in [3.05, 3.63) is 65.5 Å². The second kappa shape index (κ2) is 5.01. The first-order valence-corrected chi connectivity index (χ1v) is 7.52. The topological polar surface area (TPSA) is 29.9 Å². The van der Waals surface area contributed by atoms with Gasteiger partial charge in [-0.15, -0.1) is 0 Å². The van der Waals surface area contributed by atoms with E-state index in [0.717, 1.165) is 30.7 Å². The number of hydrogen-bond acceptors (Lipinski definition) is 2. The maximum atomic E-state index is 4.72. The van der Waals surface area contributed by atoms with Gasteiger partial charge in [-0.3, -0.25) is 0 Å². The monoisotopic (exact) mass is 277 g/mol. The summed E-state index contributed by atoms with van der Waals surface area (Å²) in [6.45, 7) is 0.823. The highest BCUT2D eigenvalue weighted by atomic mass is 15.1. The Morgan fingerprint density at radius 1 is 1.05 bits per heavy atom. The lowest BCUT2D eigenvalue weighted by atomic mass is 10.1. The van der Waals surface area contributed by atoms with Crippen LogP contribution in [0.2, 0.25) is 0 Å². The van der Waals surface area contributed by atoms with Gasteiger partial charge in [0.2, 0.25) is 0 Å². The molecule has 1 aliphatic rings. The first-order chi connectivity index (χ1) is 10.3. The van der Waals surface area contributed by atoms with Gasteiger partial charge in [0.05, 0.1) is 17.6 Å². The Balaban J connectivity index is 1.49. The van der Waals surface area contributed by atoms with Crippen molar-refractivity contribution < 1.29 is 0 Å². The van der Waals surface area contributed by atoms with Gasteiger partial charge < -0.3 is 9.88 Å². The Morgan fingerprint density at radius 2 is 1.71 bits per heavy atom. The van der Waals surface area contributed by atoms with E-state index in [1.54, 1.807) is 0 Å². The number of rotatable bonds is 3. The van der Waals surface area contributed by atoms with E-state index in [4.69, 9.17) is 4.98 Å². The van der Waals surface area contributed by atoms with E-state index in [1.807, 2.05) is 6.07 Å². The average Bonchev–Trinajstić information content (AvgIpc) is 3.07. The molecule has 0 aliphatic heterocycles. The summed E-state index contributed by atoms with van der Waals surface area (Å²) in [6.07, 6.45) is 2.25. The molecule has 106 valence electrons. The number of hydrogen-bond donors (Lipinski definition) is 1. The fourth-order valence-corrected chi connectivity index (χ4v) is 3.29. The Bertz CT molecular complexity index is 763. The van der Waals surface area contributed by atoms with E-state index < -0.39 is 0 Å². The van der Waals surface area contributed by atoms with Crippen LogP contribution in [0, 0.1) is 0 Å². The maximum Gasteiger partial charge on any atom is 0.123 e. The highest BCUT2D eigenvalue weighted by molar-refractivity contribution is 5.75. The fourth-order valence-electron chi connectivity index (χ4n) is 3.29. The maximum absolute atomic E-state index is 4.72. The number of imidazole rings is 1. The van der Waals surface area contributed by atoms with Gasteiger partial charge in [-0.2, -0.15) is 0 Å². The molecule has 0 unspecified atom stereocenters. The van der Waals surface area contributed by atoms with Crippen molar-refractivity contribution in [2.45, 2.75) is 25.4 Å². The molecule has 4 rings (SSSR count). The van der Waals surface area contributed by atoms with E-state index in [9.17, 15) is 0 Å². The van der Waals surface area contributed by atoms with E-state index >= 15 is 0 Å². The lowest BCUT2D eigenvalue weighted by molar-refractivity contribution is 0.516. The van der Waals surface area contributed by atoms with Crippen LogP contribution in [0.25, 0.3) is 11.0 Å². The minimum absolute atomic E-state index is 0.530. The third-order valence-electron chi connectivity index (χ3n) is 4.48. The van der Waals surface area contributed by atoms with Crippen LogP contribution in [0.15, 0.2) is 48.5 Å². The molecule has 0 atom stereocenters. The summed E-state index contributed by atoms with van der Waals surface area (Å²) in [5, 5.41) is 3.66. The van der Waals surface area contributed by atoms with Crippen molar-refractivity contribution in [2.24, 2.45) is 7.05 Å². The number of nitrogens with zero attached hydrogens (tertiary/aromatic N) is 2. The molecule has 0 amide bonds. The van der Waals surface area contributed by atoms with Gasteiger partial charge in [0.25, 0.3) is 0 Å². The van der Waals surface area contributed by atoms with Crippen molar-refractivity contribution in [3.63, 3.8) is 0 Å². The third kappa shape index (κ3) is 2.24. The molecule has 0 saturated carbocycles. The summed E-state index contributed by atoms with van der Waals surface area (Å²) in [5.74, 6) is 1.10. The van der Waals surface area contributed by atoms with E-state index in [-0.39, 0.29) is 0 Å². The van der Waals surface area contributed by atoms with Gasteiger partial charge in [-0.05, 0) is 36.1 Å². The summed E-state index contributed by atoms with van der Waals surface area (Å²) < 4.78 is 2.18. The second-order valence-corrected chi connectivity index (χ2v) is 5.83. The van der Waals surface area contributed by atoms with E-state index in [0.29, 0.717) is 6.04 Å². The molecular weight excluding hydrogens is 258 g/mol. The minimum atomic E-state index is 0.530. The van der Waals surface area contributed by atoms with Crippen molar-refractivity contribution >= 4 is 11.0 Å². The molecule has 1 aliphatic carbocycles. The zero-order valence-electron chi connectivity index (χ0n) is 12.2. The zero-order chi connectivity index (χ0) is 14.2. The number of para-hydroxylation sites is 2. The quantitative estimate of drug-likeness (QED) is 0.798. The van der Waals surface area contributed by atoms with Crippen LogP contribution in [-0.4, -0.2) is 15.6 Å². The molecule has 0 fully saturated rings. The summed E-state index contributed by atoms with van der Waals surface area (Å²) in [7, 11) is 2.09. The Kier molecular flexibility index (Phi) is 3.00. The lowest BCUT2D eigenvalue weighted by Crippen LogP contribution is -2.30. The molecule has 3 nitrogen and oxygen atoms in total. The molecular formula is C18H19N3. The molecule has 2 aromatic carbocycles. The predicted octanol–water partition coefficient (Wildman–Crippen LogP) is 2.83. The number of nitrogens with one attached hydrogen (secondary N) is 1. The molecule has 3 aromatic rings. The van der Waals surface area contributed by atoms with Gasteiger partial charge in [0.15, 0.2) is 0 Å². The zero-order valence-corrected chi connectivity index (χ0v) is 12.2. The van der Waals surface area contributed by atoms with Crippen molar-refractivity contribution in [2.75, 3.05) is 0 Å². The van der Waals surface area contributed by atoms with Crippen molar-refractivity contribution in [1.82, 2.24) is 14.9 Å². The number of benzene rings is 2. The van der Waals surface area contributed by atoms with Crippen molar-refractivity contribution in [3.8, 4) is 0 Å². The van der Waals surface area contributed by atoms with Crippen molar-refractivity contribution in [1.29, 1.82) is 0 Å². The Hall–Kier alpha value is -2.13. The predicted molar refractivity (Wildman–Crippen MR) is 85.2 cm³/mol. The number of aryl methyl sites for hydroxylation is 1. The highest BCUT2D eigenvalue weighted by Crippen LogP contribution is 2.22. The normalized spacial score (nSPS) is 14.7. The smallest absolute Gasteiger partial charge is 0.123 e. The first-order valence-electron chi connectivity index (χ1n) is 7.52. The molecule has 1 N–H and O–H groups in total. The van der Waals surface area contributed by atoms with Crippen LogP contribution in [0.1, 0.15) is 17.0 Å². The van der Waals surface area contributed by atoms with Crippen LogP contribution in [0.5, 0.6) is 0 Å². The summed E-state index contributed by atoms with van der Waals surface area (Å²) in [5.41, 5.74) is 5.25. The van der Waals surface area contributed by atoms with Crippen LogP contribution in [0.3, 0.4) is 0 Å². The summed E-state index contributed by atoms with van der Waals surface area (Å²) >= 11 is 0. The van der Waals surface area contributed by atoms with Gasteiger partial charge in [-0.1, -0.05) is 36.4 Å². The van der Waals surface area contributed by atoms with Gasteiger partial charge in [-0.25, -0.2) is 4.98 Å². The standard InChI is InChI=1S/C18H19N3/c1-21-17-9-5-4-8-16(17)20-18(21)12-19-15-10-13-6-2-3-7-14(13)11-15/h2-9,15,19H,10-12H2,1H3. The van der Waals surface area contributed by atoms with Crippen LogP contribution >= 0.6 is 0 Å². The molecule has 1 aromatic heterocycles. The molecule has 0 spiro atoms. The first kappa shape index (κ1) is 12.6. The molecule has 21 heavy (non-hydrogen) atoms. The Labute approximate surface area is 124 Å². The average molecular weight is 277 g/mol. The highest BCUT2D eigenvalue weighted by Gasteiger charge is 2.20. The van der Waals surface area contributed by atoms with Crippen LogP contribution in [-0.2, 0) is 26.4 Å². The molecule has 1 heterocycles. The van der Waals surface area contributed by atoms with Gasteiger partial charge >= 0.3 is 0 Å².